The normalized spacial score (nSPS) is 12.1. The van der Waals surface area contributed by atoms with E-state index in [1.807, 2.05) is 25.1 Å². The van der Waals surface area contributed by atoms with Gasteiger partial charge in [-0.25, -0.2) is 0 Å². The van der Waals surface area contributed by atoms with E-state index in [1.54, 1.807) is 30.5 Å². The molecule has 0 aliphatic heterocycles. The van der Waals surface area contributed by atoms with Crippen LogP contribution in [0.1, 0.15) is 23.0 Å². The van der Waals surface area contributed by atoms with Crippen LogP contribution in [0.3, 0.4) is 0 Å². The number of pyridine rings is 1. The zero-order valence-corrected chi connectivity index (χ0v) is 11.4. The molecular formula is C15H15ClN2O. The van der Waals surface area contributed by atoms with Gasteiger partial charge in [-0.3, -0.25) is 9.78 Å². The minimum Gasteiger partial charge on any atom is -0.302 e. The zero-order valence-electron chi connectivity index (χ0n) is 10.6. The number of ketones is 1. The van der Waals surface area contributed by atoms with Gasteiger partial charge in [0.1, 0.15) is 0 Å². The Kier molecular flexibility index (Phi) is 4.66. The molecule has 0 aliphatic carbocycles. The quantitative estimate of drug-likeness (QED) is 0.852. The third-order valence-corrected chi connectivity index (χ3v) is 3.09. The first-order valence-corrected chi connectivity index (χ1v) is 6.47. The Morgan fingerprint density at radius 1 is 1.26 bits per heavy atom. The van der Waals surface area contributed by atoms with E-state index in [-0.39, 0.29) is 11.8 Å². The van der Waals surface area contributed by atoms with E-state index >= 15 is 0 Å². The average molecular weight is 275 g/mol. The van der Waals surface area contributed by atoms with Crippen molar-refractivity contribution in [2.75, 3.05) is 0 Å². The molecule has 0 radical (unpaired) electrons. The molecule has 1 N–H and O–H groups in total. The lowest BCUT2D eigenvalue weighted by molar-refractivity contribution is 0.0950. The number of aromatic nitrogens is 1. The van der Waals surface area contributed by atoms with E-state index in [0.717, 1.165) is 5.69 Å². The number of hydrogen-bond donors (Lipinski definition) is 1. The van der Waals surface area contributed by atoms with Gasteiger partial charge < -0.3 is 5.32 Å². The van der Waals surface area contributed by atoms with Gasteiger partial charge in [-0.1, -0.05) is 17.7 Å². The van der Waals surface area contributed by atoms with Crippen molar-refractivity contribution in [2.24, 2.45) is 0 Å². The predicted octanol–water partition coefficient (Wildman–Crippen LogP) is 3.10. The first-order valence-electron chi connectivity index (χ1n) is 6.10. The SMILES string of the molecule is CC(NCc1ccccn1)C(=O)c1ccc(Cl)cc1. The molecule has 0 spiro atoms. The average Bonchev–Trinajstić information content (AvgIpc) is 2.46. The lowest BCUT2D eigenvalue weighted by Crippen LogP contribution is -2.33. The number of carbonyl (C=O) groups excluding carboxylic acids is 1. The molecule has 1 heterocycles. The summed E-state index contributed by atoms with van der Waals surface area (Å²) in [5.41, 5.74) is 1.57. The molecule has 1 atom stereocenters. The molecule has 19 heavy (non-hydrogen) atoms. The molecule has 0 saturated carbocycles. The summed E-state index contributed by atoms with van der Waals surface area (Å²) >= 11 is 5.80. The van der Waals surface area contributed by atoms with Crippen molar-refractivity contribution in [2.45, 2.75) is 19.5 Å². The van der Waals surface area contributed by atoms with E-state index in [1.165, 1.54) is 0 Å². The fraction of sp³-hybridized carbons (Fsp3) is 0.200. The number of rotatable bonds is 5. The van der Waals surface area contributed by atoms with Crippen LogP contribution >= 0.6 is 11.6 Å². The van der Waals surface area contributed by atoms with Gasteiger partial charge in [0.05, 0.1) is 11.7 Å². The highest BCUT2D eigenvalue weighted by atomic mass is 35.5. The van der Waals surface area contributed by atoms with Crippen molar-refractivity contribution in [1.29, 1.82) is 0 Å². The van der Waals surface area contributed by atoms with E-state index < -0.39 is 0 Å². The number of hydrogen-bond acceptors (Lipinski definition) is 3. The Hall–Kier alpha value is -1.71. The van der Waals surface area contributed by atoms with Crippen molar-refractivity contribution >= 4 is 17.4 Å². The van der Waals surface area contributed by atoms with Gasteiger partial charge in [0.2, 0.25) is 0 Å². The summed E-state index contributed by atoms with van der Waals surface area (Å²) in [5, 5.41) is 3.80. The van der Waals surface area contributed by atoms with Gasteiger partial charge in [0, 0.05) is 23.3 Å². The zero-order chi connectivity index (χ0) is 13.7. The maximum Gasteiger partial charge on any atom is 0.179 e. The minimum atomic E-state index is -0.261. The number of nitrogens with zero attached hydrogens (tertiary/aromatic N) is 1. The minimum absolute atomic E-state index is 0.0487. The van der Waals surface area contributed by atoms with Crippen LogP contribution in [0.5, 0.6) is 0 Å². The van der Waals surface area contributed by atoms with Gasteiger partial charge in [-0.2, -0.15) is 0 Å². The van der Waals surface area contributed by atoms with Crippen LogP contribution in [-0.2, 0) is 6.54 Å². The fourth-order valence-electron chi connectivity index (χ4n) is 1.72. The molecule has 2 aromatic rings. The molecule has 0 bridgehead atoms. The van der Waals surface area contributed by atoms with Gasteiger partial charge >= 0.3 is 0 Å². The molecule has 4 heteroatoms. The maximum absolute atomic E-state index is 12.2. The summed E-state index contributed by atoms with van der Waals surface area (Å²) < 4.78 is 0. The molecule has 0 aliphatic rings. The Balaban J connectivity index is 1.94. The maximum atomic E-state index is 12.2. The first-order chi connectivity index (χ1) is 9.16. The van der Waals surface area contributed by atoms with Crippen LogP contribution in [0, 0.1) is 0 Å². The van der Waals surface area contributed by atoms with Gasteiger partial charge in [0.15, 0.2) is 5.78 Å². The molecule has 0 amide bonds. The van der Waals surface area contributed by atoms with E-state index in [2.05, 4.69) is 10.3 Å². The number of carbonyl (C=O) groups is 1. The molecule has 0 saturated heterocycles. The summed E-state index contributed by atoms with van der Waals surface area (Å²) in [5.74, 6) is 0.0487. The molecule has 1 unspecified atom stereocenters. The van der Waals surface area contributed by atoms with Gasteiger partial charge in [0.25, 0.3) is 0 Å². The Morgan fingerprint density at radius 2 is 2.00 bits per heavy atom. The van der Waals surface area contributed by atoms with E-state index in [4.69, 9.17) is 11.6 Å². The van der Waals surface area contributed by atoms with E-state index in [9.17, 15) is 4.79 Å². The monoisotopic (exact) mass is 274 g/mol. The summed E-state index contributed by atoms with van der Waals surface area (Å²) in [4.78, 5) is 16.4. The molecule has 3 nitrogen and oxygen atoms in total. The fourth-order valence-corrected chi connectivity index (χ4v) is 1.84. The Bertz CT molecular complexity index is 540. The second-order valence-corrected chi connectivity index (χ2v) is 4.73. The van der Waals surface area contributed by atoms with Crippen LogP contribution in [0.15, 0.2) is 48.7 Å². The smallest absolute Gasteiger partial charge is 0.179 e. The van der Waals surface area contributed by atoms with Crippen molar-refractivity contribution in [3.63, 3.8) is 0 Å². The van der Waals surface area contributed by atoms with Crippen molar-refractivity contribution in [3.8, 4) is 0 Å². The number of benzene rings is 1. The van der Waals surface area contributed by atoms with Crippen LogP contribution < -0.4 is 5.32 Å². The summed E-state index contributed by atoms with van der Waals surface area (Å²) in [6, 6.07) is 12.4. The Morgan fingerprint density at radius 3 is 2.63 bits per heavy atom. The molecular weight excluding hydrogens is 260 g/mol. The molecule has 1 aromatic heterocycles. The third-order valence-electron chi connectivity index (χ3n) is 2.84. The molecule has 1 aromatic carbocycles. The Labute approximate surface area is 117 Å². The standard InChI is InChI=1S/C15H15ClN2O/c1-11(18-10-14-4-2-3-9-17-14)15(19)12-5-7-13(16)8-6-12/h2-9,11,18H,10H2,1H3. The van der Waals surface area contributed by atoms with Crippen molar-refractivity contribution in [1.82, 2.24) is 10.3 Å². The van der Waals surface area contributed by atoms with Crippen molar-refractivity contribution in [3.05, 3.63) is 64.9 Å². The van der Waals surface area contributed by atoms with Gasteiger partial charge in [-0.15, -0.1) is 0 Å². The number of halogens is 1. The van der Waals surface area contributed by atoms with Gasteiger partial charge in [-0.05, 0) is 43.3 Å². The predicted molar refractivity (Wildman–Crippen MR) is 76.3 cm³/mol. The molecule has 98 valence electrons. The molecule has 0 fully saturated rings. The summed E-state index contributed by atoms with van der Waals surface area (Å²) in [7, 11) is 0. The summed E-state index contributed by atoms with van der Waals surface area (Å²) in [6.07, 6.45) is 1.74. The highest BCUT2D eigenvalue weighted by Crippen LogP contribution is 2.11. The lowest BCUT2D eigenvalue weighted by Gasteiger charge is -2.12. The summed E-state index contributed by atoms with van der Waals surface area (Å²) in [6.45, 7) is 2.42. The third kappa shape index (κ3) is 3.88. The second kappa shape index (κ2) is 6.45. The van der Waals surface area contributed by atoms with E-state index in [0.29, 0.717) is 17.1 Å². The van der Waals surface area contributed by atoms with Crippen molar-refractivity contribution < 1.29 is 4.79 Å². The topological polar surface area (TPSA) is 42.0 Å². The van der Waals surface area contributed by atoms with Crippen LogP contribution in [-0.4, -0.2) is 16.8 Å². The molecule has 2 rings (SSSR count). The second-order valence-electron chi connectivity index (χ2n) is 4.29. The lowest BCUT2D eigenvalue weighted by atomic mass is 10.1. The van der Waals surface area contributed by atoms with Crippen LogP contribution in [0.4, 0.5) is 0 Å². The number of Topliss-reactive ketones (excluding diaryl/α,β-unsaturated/α-hetero) is 1. The largest absolute Gasteiger partial charge is 0.302 e. The van der Waals surface area contributed by atoms with Crippen LogP contribution in [0.2, 0.25) is 5.02 Å². The number of nitrogens with one attached hydrogen (secondary N) is 1. The van der Waals surface area contributed by atoms with Crippen LogP contribution in [0.25, 0.3) is 0 Å². The highest BCUT2D eigenvalue weighted by Gasteiger charge is 2.14. The highest BCUT2D eigenvalue weighted by molar-refractivity contribution is 6.30. The first kappa shape index (κ1) is 13.7.